The maximum atomic E-state index is 12.4. The molecule has 1 aromatic heterocycles. The molecular weight excluding hydrogens is 352 g/mol. The fraction of sp³-hybridized carbons (Fsp3) is 0.389. The smallest absolute Gasteiger partial charge is 0.343 e. The molecule has 2 heterocycles. The molecule has 1 aromatic carbocycles. The van der Waals surface area contributed by atoms with E-state index in [4.69, 9.17) is 4.74 Å². The largest absolute Gasteiger partial charge is 0.452 e. The fourth-order valence-electron chi connectivity index (χ4n) is 2.92. The highest BCUT2D eigenvalue weighted by molar-refractivity contribution is 7.10. The molecule has 0 radical (unpaired) electrons. The summed E-state index contributed by atoms with van der Waals surface area (Å²) < 4.78 is 9.36. The number of nitrogens with one attached hydrogen (secondary N) is 1. The normalized spacial score (nSPS) is 14.2. The molecule has 0 atom stereocenters. The fourth-order valence-corrected chi connectivity index (χ4v) is 3.66. The number of rotatable bonds is 5. The molecule has 0 spiro atoms. The van der Waals surface area contributed by atoms with Crippen molar-refractivity contribution in [3.8, 4) is 0 Å². The van der Waals surface area contributed by atoms with E-state index in [9.17, 15) is 9.59 Å². The van der Waals surface area contributed by atoms with Gasteiger partial charge in [-0.05, 0) is 30.6 Å². The Morgan fingerprint density at radius 1 is 1.19 bits per heavy atom. The average molecular weight is 374 g/mol. The number of carbonyl (C=O) groups excluding carboxylic acids is 2. The first-order chi connectivity index (χ1) is 12.6. The number of ether oxygens (including phenoxy) is 1. The molecule has 1 amide bonds. The van der Waals surface area contributed by atoms with Crippen molar-refractivity contribution in [3.05, 3.63) is 41.6 Å². The molecule has 1 aliphatic rings. The van der Waals surface area contributed by atoms with Crippen LogP contribution in [0.15, 0.2) is 30.3 Å². The number of esters is 1. The van der Waals surface area contributed by atoms with Gasteiger partial charge < -0.3 is 19.9 Å². The predicted octanol–water partition coefficient (Wildman–Crippen LogP) is 2.00. The molecule has 26 heavy (non-hydrogen) atoms. The molecule has 0 aliphatic carbocycles. The summed E-state index contributed by atoms with van der Waals surface area (Å²) in [6.45, 7) is 4.27. The van der Waals surface area contributed by atoms with Crippen molar-refractivity contribution in [2.75, 3.05) is 50.1 Å². The summed E-state index contributed by atoms with van der Waals surface area (Å²) in [6.07, 6.45) is 0. The van der Waals surface area contributed by atoms with E-state index in [1.165, 1.54) is 11.5 Å². The van der Waals surface area contributed by atoms with E-state index >= 15 is 0 Å². The zero-order valence-corrected chi connectivity index (χ0v) is 15.7. The molecule has 1 saturated heterocycles. The molecule has 0 unspecified atom stereocenters. The number of hydrogen-bond acceptors (Lipinski definition) is 7. The maximum Gasteiger partial charge on any atom is 0.343 e. The first-order valence-corrected chi connectivity index (χ1v) is 9.26. The first-order valence-electron chi connectivity index (χ1n) is 8.49. The van der Waals surface area contributed by atoms with Crippen LogP contribution in [0.2, 0.25) is 0 Å². The van der Waals surface area contributed by atoms with Crippen molar-refractivity contribution in [2.24, 2.45) is 0 Å². The zero-order valence-electron chi connectivity index (χ0n) is 14.9. The summed E-state index contributed by atoms with van der Waals surface area (Å²) >= 11 is 1.20. The van der Waals surface area contributed by atoms with Crippen LogP contribution < -0.4 is 10.2 Å². The SMILES string of the molecule is CNc1snc(C)c1C(=O)OCC(=O)N1CCN(c2ccccc2)CC1. The van der Waals surface area contributed by atoms with Gasteiger partial charge in [0.15, 0.2) is 6.61 Å². The van der Waals surface area contributed by atoms with E-state index in [2.05, 4.69) is 26.7 Å². The van der Waals surface area contributed by atoms with Crippen molar-refractivity contribution in [1.29, 1.82) is 0 Å². The number of aryl methyl sites for hydroxylation is 1. The van der Waals surface area contributed by atoms with Crippen LogP contribution in [0.1, 0.15) is 16.1 Å². The van der Waals surface area contributed by atoms with Crippen LogP contribution in [-0.2, 0) is 9.53 Å². The maximum absolute atomic E-state index is 12.4. The Kier molecular flexibility index (Phi) is 5.72. The lowest BCUT2D eigenvalue weighted by atomic mass is 10.2. The highest BCUT2D eigenvalue weighted by Gasteiger charge is 2.24. The summed E-state index contributed by atoms with van der Waals surface area (Å²) in [4.78, 5) is 28.6. The number of anilines is 2. The van der Waals surface area contributed by atoms with Crippen LogP contribution in [0.4, 0.5) is 10.7 Å². The summed E-state index contributed by atoms with van der Waals surface area (Å²) in [7, 11) is 1.72. The number of para-hydroxylation sites is 1. The van der Waals surface area contributed by atoms with Crippen molar-refractivity contribution in [1.82, 2.24) is 9.27 Å². The molecule has 0 bridgehead atoms. The van der Waals surface area contributed by atoms with Crippen molar-refractivity contribution >= 4 is 34.1 Å². The number of amides is 1. The van der Waals surface area contributed by atoms with Gasteiger partial charge in [0.2, 0.25) is 0 Å². The second kappa shape index (κ2) is 8.18. The van der Waals surface area contributed by atoms with Crippen LogP contribution in [0, 0.1) is 6.92 Å². The number of benzene rings is 1. The molecule has 1 N–H and O–H groups in total. The Labute approximate surface area is 156 Å². The van der Waals surface area contributed by atoms with Crippen LogP contribution in [0.5, 0.6) is 0 Å². The summed E-state index contributed by atoms with van der Waals surface area (Å²) in [5.74, 6) is -0.685. The molecule has 1 fully saturated rings. The van der Waals surface area contributed by atoms with Crippen LogP contribution in [0.3, 0.4) is 0 Å². The monoisotopic (exact) mass is 374 g/mol. The summed E-state index contributed by atoms with van der Waals surface area (Å²) in [6, 6.07) is 10.1. The second-order valence-corrected chi connectivity index (χ2v) is 6.78. The van der Waals surface area contributed by atoms with E-state index in [1.807, 2.05) is 18.2 Å². The highest BCUT2D eigenvalue weighted by atomic mass is 32.1. The third kappa shape index (κ3) is 3.96. The third-order valence-electron chi connectivity index (χ3n) is 4.37. The number of carbonyl (C=O) groups is 2. The van der Waals surface area contributed by atoms with E-state index in [1.54, 1.807) is 18.9 Å². The molecule has 3 rings (SSSR count). The average Bonchev–Trinajstić information content (AvgIpc) is 3.07. The van der Waals surface area contributed by atoms with Crippen molar-refractivity contribution in [2.45, 2.75) is 6.92 Å². The molecule has 138 valence electrons. The molecule has 1 aliphatic heterocycles. The minimum absolute atomic E-state index is 0.169. The molecule has 0 saturated carbocycles. The topological polar surface area (TPSA) is 74.8 Å². The number of hydrogen-bond donors (Lipinski definition) is 1. The van der Waals surface area contributed by atoms with E-state index in [-0.39, 0.29) is 12.5 Å². The summed E-state index contributed by atoms with van der Waals surface area (Å²) in [5.41, 5.74) is 2.17. The van der Waals surface area contributed by atoms with Crippen molar-refractivity contribution in [3.63, 3.8) is 0 Å². The Hall–Kier alpha value is -2.61. The molecule has 7 nitrogen and oxygen atoms in total. The predicted molar refractivity (Wildman–Crippen MR) is 102 cm³/mol. The number of piperazine rings is 1. The van der Waals surface area contributed by atoms with E-state index < -0.39 is 5.97 Å². The van der Waals surface area contributed by atoms with E-state index in [0.29, 0.717) is 29.3 Å². The Morgan fingerprint density at radius 3 is 2.54 bits per heavy atom. The number of nitrogens with zero attached hydrogens (tertiary/aromatic N) is 3. The van der Waals surface area contributed by atoms with Gasteiger partial charge in [0.25, 0.3) is 5.91 Å². The van der Waals surface area contributed by atoms with Gasteiger partial charge in [-0.2, -0.15) is 4.37 Å². The van der Waals surface area contributed by atoms with Crippen molar-refractivity contribution < 1.29 is 14.3 Å². The van der Waals surface area contributed by atoms with Gasteiger partial charge in [0.05, 0.1) is 5.69 Å². The van der Waals surface area contributed by atoms with E-state index in [0.717, 1.165) is 18.8 Å². The van der Waals surface area contributed by atoms with Gasteiger partial charge in [-0.3, -0.25) is 4.79 Å². The van der Waals surface area contributed by atoms with Crippen LogP contribution >= 0.6 is 11.5 Å². The molecule has 8 heteroatoms. The first kappa shape index (κ1) is 18.2. The van der Waals surface area contributed by atoms with Gasteiger partial charge >= 0.3 is 5.97 Å². The third-order valence-corrected chi connectivity index (χ3v) is 5.33. The Balaban J connectivity index is 1.50. The number of aromatic nitrogens is 1. The summed E-state index contributed by atoms with van der Waals surface area (Å²) in [5, 5.41) is 3.57. The lowest BCUT2D eigenvalue weighted by Gasteiger charge is -2.36. The van der Waals surface area contributed by atoms with Gasteiger partial charge in [0.1, 0.15) is 10.6 Å². The van der Waals surface area contributed by atoms with Gasteiger partial charge in [0, 0.05) is 38.9 Å². The van der Waals surface area contributed by atoms with Gasteiger partial charge in [-0.1, -0.05) is 18.2 Å². The van der Waals surface area contributed by atoms with Gasteiger partial charge in [-0.25, -0.2) is 4.79 Å². The zero-order chi connectivity index (χ0) is 18.5. The standard InChI is InChI=1S/C18H22N4O3S/c1-13-16(17(19-2)26-20-13)18(24)25-12-15(23)22-10-8-21(9-11-22)14-6-4-3-5-7-14/h3-7,19H,8-12H2,1-2H3. The highest BCUT2D eigenvalue weighted by Crippen LogP contribution is 2.24. The lowest BCUT2D eigenvalue weighted by Crippen LogP contribution is -2.49. The second-order valence-electron chi connectivity index (χ2n) is 6.00. The van der Waals surface area contributed by atoms with Gasteiger partial charge in [-0.15, -0.1) is 0 Å². The quantitative estimate of drug-likeness (QED) is 0.807. The molecular formula is C18H22N4O3S. The lowest BCUT2D eigenvalue weighted by molar-refractivity contribution is -0.134. The molecule has 2 aromatic rings. The van der Waals surface area contributed by atoms with Crippen LogP contribution in [-0.4, -0.2) is 61.0 Å². The Morgan fingerprint density at radius 2 is 1.88 bits per heavy atom. The Bertz CT molecular complexity index is 770. The minimum Gasteiger partial charge on any atom is -0.452 e. The van der Waals surface area contributed by atoms with Crippen LogP contribution in [0.25, 0.3) is 0 Å². The minimum atomic E-state index is -0.517.